The summed E-state index contributed by atoms with van der Waals surface area (Å²) in [5.74, 6) is 0.268. The third-order valence-electron chi connectivity index (χ3n) is 19.1. The molecule has 2 unspecified atom stereocenters. The minimum absolute atomic E-state index is 0.106. The van der Waals surface area contributed by atoms with Crippen LogP contribution in [-0.4, -0.2) is 96.7 Å². The van der Waals surface area contributed by atoms with Gasteiger partial charge in [-0.3, -0.25) is 37.3 Å². The van der Waals surface area contributed by atoms with Gasteiger partial charge in [0.2, 0.25) is 0 Å². The molecular formula is C82H160O17P2. The Morgan fingerprint density at radius 3 is 0.673 bits per heavy atom. The first-order valence-electron chi connectivity index (χ1n) is 42.3. The second-order valence-electron chi connectivity index (χ2n) is 30.9. The number of phosphoric ester groups is 2. The maximum atomic E-state index is 13.1. The number of esters is 4. The summed E-state index contributed by atoms with van der Waals surface area (Å²) in [7, 11) is -9.92. The van der Waals surface area contributed by atoms with Crippen LogP contribution in [0.5, 0.6) is 0 Å². The minimum Gasteiger partial charge on any atom is -0.462 e. The van der Waals surface area contributed by atoms with Gasteiger partial charge in [-0.15, -0.1) is 0 Å². The molecule has 19 heteroatoms. The first-order chi connectivity index (χ1) is 48.7. The minimum atomic E-state index is -4.96. The van der Waals surface area contributed by atoms with Gasteiger partial charge in [-0.2, -0.15) is 0 Å². The molecule has 0 radical (unpaired) electrons. The van der Waals surface area contributed by atoms with Crippen LogP contribution in [-0.2, 0) is 65.4 Å². The number of aliphatic hydroxyl groups is 1. The number of carbonyl (C=O) groups excluding carboxylic acids is 4. The van der Waals surface area contributed by atoms with Gasteiger partial charge in [-0.25, -0.2) is 9.13 Å². The van der Waals surface area contributed by atoms with E-state index in [9.17, 15) is 43.2 Å². The zero-order chi connectivity index (χ0) is 74.4. The van der Waals surface area contributed by atoms with Crippen molar-refractivity contribution in [2.24, 2.45) is 17.8 Å². The van der Waals surface area contributed by atoms with Crippen LogP contribution < -0.4 is 0 Å². The number of hydrogen-bond donors (Lipinski definition) is 3. The van der Waals surface area contributed by atoms with Gasteiger partial charge in [0.05, 0.1) is 26.4 Å². The molecule has 0 saturated carbocycles. The molecule has 101 heavy (non-hydrogen) atoms. The van der Waals surface area contributed by atoms with Crippen LogP contribution >= 0.6 is 15.6 Å². The number of aliphatic hydroxyl groups excluding tert-OH is 1. The fraction of sp³-hybridized carbons (Fsp3) is 0.951. The van der Waals surface area contributed by atoms with Crippen molar-refractivity contribution in [3.8, 4) is 0 Å². The van der Waals surface area contributed by atoms with Gasteiger partial charge in [0.1, 0.15) is 19.3 Å². The van der Waals surface area contributed by atoms with E-state index < -0.39 is 97.5 Å². The van der Waals surface area contributed by atoms with Crippen LogP contribution in [0.25, 0.3) is 0 Å². The molecule has 0 saturated heterocycles. The van der Waals surface area contributed by atoms with Crippen LogP contribution in [0.2, 0.25) is 0 Å². The molecule has 0 aliphatic rings. The predicted molar refractivity (Wildman–Crippen MR) is 414 cm³/mol. The molecule has 600 valence electrons. The molecule has 5 atom stereocenters. The first kappa shape index (κ1) is 99.1. The summed E-state index contributed by atoms with van der Waals surface area (Å²) in [6.07, 6.45) is 61.1. The zero-order valence-electron chi connectivity index (χ0n) is 66.4. The lowest BCUT2D eigenvalue weighted by atomic mass is 10.0. The third kappa shape index (κ3) is 76.1. The van der Waals surface area contributed by atoms with Gasteiger partial charge in [-0.05, 0) is 43.4 Å². The van der Waals surface area contributed by atoms with E-state index in [1.807, 2.05) is 0 Å². The molecule has 0 amide bonds. The molecule has 0 bridgehead atoms. The molecule has 0 fully saturated rings. The van der Waals surface area contributed by atoms with Crippen molar-refractivity contribution in [3.05, 3.63) is 0 Å². The maximum Gasteiger partial charge on any atom is 0.472 e. The van der Waals surface area contributed by atoms with Crippen LogP contribution in [0.4, 0.5) is 0 Å². The van der Waals surface area contributed by atoms with Gasteiger partial charge < -0.3 is 33.8 Å². The van der Waals surface area contributed by atoms with E-state index in [-0.39, 0.29) is 25.7 Å². The van der Waals surface area contributed by atoms with E-state index in [4.69, 9.17) is 37.0 Å². The summed E-state index contributed by atoms with van der Waals surface area (Å²) in [6, 6.07) is 0. The fourth-order valence-corrected chi connectivity index (χ4v) is 14.2. The summed E-state index contributed by atoms with van der Waals surface area (Å²) < 4.78 is 68.7. The van der Waals surface area contributed by atoms with Gasteiger partial charge in [0.15, 0.2) is 12.2 Å². The normalized spacial score (nSPS) is 14.0. The van der Waals surface area contributed by atoms with E-state index >= 15 is 0 Å². The Labute approximate surface area is 619 Å². The van der Waals surface area contributed by atoms with Gasteiger partial charge in [0.25, 0.3) is 0 Å². The number of rotatable bonds is 80. The molecule has 0 aliphatic carbocycles. The van der Waals surface area contributed by atoms with Crippen molar-refractivity contribution in [2.45, 2.75) is 446 Å². The lowest BCUT2D eigenvalue weighted by molar-refractivity contribution is -0.161. The first-order valence-corrected chi connectivity index (χ1v) is 45.3. The standard InChI is InChI=1S/C82H160O17P2/c1-8-9-10-11-12-32-42-49-56-63-79(84)92-69-77(99-82(87)66-59-52-45-38-31-30-35-41-48-55-62-75(6)7)71-96-100(88,89)94-67-76(83)68-95-101(90,91)97-72-78(70-93-80(85)64-57-50-43-36-28-24-21-17-19-23-27-34-40-47-54-61-74(4)5)98-81(86)65-58-51-44-37-29-25-20-16-14-13-15-18-22-26-33-39-46-53-60-73(2)3/h73-78,83H,8-72H2,1-7H3,(H,88,89)(H,90,91)/t76-,77+,78+/m0/s1. The molecule has 17 nitrogen and oxygen atoms in total. The molecule has 0 heterocycles. The summed E-state index contributed by atoms with van der Waals surface area (Å²) in [5.41, 5.74) is 0. The summed E-state index contributed by atoms with van der Waals surface area (Å²) >= 11 is 0. The molecular weight excluding hydrogens is 1320 g/mol. The van der Waals surface area contributed by atoms with Gasteiger partial charge in [-0.1, -0.05) is 376 Å². The lowest BCUT2D eigenvalue weighted by Gasteiger charge is -2.21. The molecule has 0 rings (SSSR count). The van der Waals surface area contributed by atoms with Crippen molar-refractivity contribution in [2.75, 3.05) is 39.6 Å². The van der Waals surface area contributed by atoms with Crippen molar-refractivity contribution in [3.63, 3.8) is 0 Å². The Hall–Kier alpha value is -1.94. The fourth-order valence-electron chi connectivity index (χ4n) is 12.7. The number of phosphoric acid groups is 2. The average Bonchev–Trinajstić information content (AvgIpc) is 0.926. The SMILES string of the molecule is CCCCCCCCCCCC(=O)OC[C@H](COP(=O)(O)OC[C@H](O)COP(=O)(O)OC[C@@H](COC(=O)CCCCCCCCCCCCCCCCCC(C)C)OC(=O)CCCCCCCCCCCCCCCCCCCCC(C)C)OC(=O)CCCCCCCCCCCCC(C)C. The molecule has 0 spiro atoms. The van der Waals surface area contributed by atoms with Crippen LogP contribution in [0.15, 0.2) is 0 Å². The van der Waals surface area contributed by atoms with E-state index in [0.29, 0.717) is 25.7 Å². The third-order valence-corrected chi connectivity index (χ3v) is 21.0. The van der Waals surface area contributed by atoms with Crippen molar-refractivity contribution < 1.29 is 80.2 Å². The molecule has 0 aliphatic heterocycles. The Balaban J connectivity index is 5.21. The Morgan fingerprint density at radius 1 is 0.267 bits per heavy atom. The van der Waals surface area contributed by atoms with E-state index in [1.165, 1.54) is 238 Å². The van der Waals surface area contributed by atoms with Crippen LogP contribution in [0.3, 0.4) is 0 Å². The molecule has 3 N–H and O–H groups in total. The number of hydrogen-bond acceptors (Lipinski definition) is 15. The van der Waals surface area contributed by atoms with Crippen molar-refractivity contribution in [1.29, 1.82) is 0 Å². The highest BCUT2D eigenvalue weighted by molar-refractivity contribution is 7.47. The smallest absolute Gasteiger partial charge is 0.462 e. The second kappa shape index (κ2) is 72.3. The number of ether oxygens (including phenoxy) is 4. The van der Waals surface area contributed by atoms with E-state index in [2.05, 4.69) is 48.5 Å². The van der Waals surface area contributed by atoms with E-state index in [1.54, 1.807) is 0 Å². The molecule has 0 aromatic carbocycles. The van der Waals surface area contributed by atoms with Crippen LogP contribution in [0.1, 0.15) is 427 Å². The van der Waals surface area contributed by atoms with Crippen molar-refractivity contribution in [1.82, 2.24) is 0 Å². The molecule has 0 aromatic heterocycles. The number of unbranched alkanes of at least 4 members (excludes halogenated alkanes) is 48. The Morgan fingerprint density at radius 2 is 0.455 bits per heavy atom. The topological polar surface area (TPSA) is 237 Å². The average molecular weight is 1480 g/mol. The lowest BCUT2D eigenvalue weighted by Crippen LogP contribution is -2.30. The highest BCUT2D eigenvalue weighted by atomic mass is 31.2. The van der Waals surface area contributed by atoms with Gasteiger partial charge in [0, 0.05) is 25.7 Å². The quantitative estimate of drug-likeness (QED) is 0.0222. The predicted octanol–water partition coefficient (Wildman–Crippen LogP) is 24.5. The second-order valence-corrected chi connectivity index (χ2v) is 33.8. The molecule has 0 aromatic rings. The highest BCUT2D eigenvalue weighted by Crippen LogP contribution is 2.45. The summed E-state index contributed by atoms with van der Waals surface area (Å²) in [5, 5.41) is 10.6. The van der Waals surface area contributed by atoms with Crippen molar-refractivity contribution >= 4 is 39.5 Å². The summed E-state index contributed by atoms with van der Waals surface area (Å²) in [4.78, 5) is 73.0. The largest absolute Gasteiger partial charge is 0.472 e. The number of carbonyl (C=O) groups is 4. The monoisotopic (exact) mass is 1480 g/mol. The van der Waals surface area contributed by atoms with Gasteiger partial charge >= 0.3 is 39.5 Å². The summed E-state index contributed by atoms with van der Waals surface area (Å²) in [6.45, 7) is 12.0. The maximum absolute atomic E-state index is 13.1. The zero-order valence-corrected chi connectivity index (χ0v) is 68.2. The highest BCUT2D eigenvalue weighted by Gasteiger charge is 2.30. The van der Waals surface area contributed by atoms with Crippen LogP contribution in [0, 0.1) is 17.8 Å². The Bertz CT molecular complexity index is 1960. The Kier molecular flexibility index (Phi) is 70.9. The van der Waals surface area contributed by atoms with E-state index in [0.717, 1.165) is 108 Å².